The van der Waals surface area contributed by atoms with Crippen LogP contribution in [0.2, 0.25) is 0 Å². The Balaban J connectivity index is 2.31. The molecule has 2 rings (SSSR count). The first-order valence-electron chi connectivity index (χ1n) is 9.26. The first kappa shape index (κ1) is 21.8. The molecule has 0 saturated carbocycles. The zero-order valence-corrected chi connectivity index (χ0v) is 17.8. The van der Waals surface area contributed by atoms with E-state index in [0.717, 1.165) is 12.0 Å². The van der Waals surface area contributed by atoms with Crippen molar-refractivity contribution >= 4 is 15.7 Å². The molecule has 1 unspecified atom stereocenters. The van der Waals surface area contributed by atoms with Gasteiger partial charge in [-0.2, -0.15) is 18.4 Å². The second-order valence-corrected chi connectivity index (χ2v) is 8.08. The molecule has 0 aliphatic heterocycles. The molecule has 7 heteroatoms. The molecule has 0 saturated heterocycles. The molecular formula is C21H28N2O4S. The molecule has 0 spiro atoms. The van der Waals surface area contributed by atoms with Crippen LogP contribution < -0.4 is 14.3 Å². The third-order valence-corrected chi connectivity index (χ3v) is 5.95. The van der Waals surface area contributed by atoms with Crippen molar-refractivity contribution in [3.8, 4) is 11.5 Å². The maximum atomic E-state index is 12.8. The number of methoxy groups -OCH3 is 2. The van der Waals surface area contributed by atoms with Crippen LogP contribution in [0.3, 0.4) is 0 Å². The highest BCUT2D eigenvalue weighted by molar-refractivity contribution is 7.89. The summed E-state index contributed by atoms with van der Waals surface area (Å²) in [5, 5.41) is 4.17. The summed E-state index contributed by atoms with van der Waals surface area (Å²) < 4.78 is 35.8. The number of hydrogen-bond donors (Lipinski definition) is 1. The fourth-order valence-electron chi connectivity index (χ4n) is 2.75. The van der Waals surface area contributed by atoms with Gasteiger partial charge in [0.1, 0.15) is 16.4 Å². The summed E-state index contributed by atoms with van der Waals surface area (Å²) in [5.41, 5.74) is 2.79. The molecule has 6 nitrogen and oxygen atoms in total. The van der Waals surface area contributed by atoms with Gasteiger partial charge < -0.3 is 9.47 Å². The van der Waals surface area contributed by atoms with Crippen LogP contribution in [-0.2, 0) is 10.0 Å². The highest BCUT2D eigenvalue weighted by Gasteiger charge is 2.20. The molecule has 0 aliphatic rings. The van der Waals surface area contributed by atoms with E-state index in [9.17, 15) is 8.42 Å². The Morgan fingerprint density at radius 3 is 2.29 bits per heavy atom. The van der Waals surface area contributed by atoms with Crippen molar-refractivity contribution in [2.75, 3.05) is 14.2 Å². The van der Waals surface area contributed by atoms with E-state index < -0.39 is 10.0 Å². The molecule has 2 aromatic carbocycles. The molecule has 1 N–H and O–H groups in total. The summed E-state index contributed by atoms with van der Waals surface area (Å²) in [6.45, 7) is 6.26. The highest BCUT2D eigenvalue weighted by atomic mass is 32.2. The van der Waals surface area contributed by atoms with Gasteiger partial charge in [0.2, 0.25) is 0 Å². The number of hydrogen-bond acceptors (Lipinski definition) is 5. The SMILES string of the molecule is CCC(=NNS(=O)(=O)c1cc(OC)ccc1OC)c1ccc(C(C)CC)cc1. The molecule has 0 fully saturated rings. The highest BCUT2D eigenvalue weighted by Crippen LogP contribution is 2.28. The van der Waals surface area contributed by atoms with Crippen LogP contribution in [0.15, 0.2) is 52.5 Å². The van der Waals surface area contributed by atoms with E-state index in [4.69, 9.17) is 9.47 Å². The second kappa shape index (κ2) is 9.59. The quantitative estimate of drug-likeness (QED) is 0.499. The maximum absolute atomic E-state index is 12.8. The lowest BCUT2D eigenvalue weighted by atomic mass is 9.96. The van der Waals surface area contributed by atoms with Gasteiger partial charge >= 0.3 is 0 Å². The van der Waals surface area contributed by atoms with Crippen molar-refractivity contribution in [2.45, 2.75) is 44.4 Å². The molecule has 0 aliphatic carbocycles. The minimum Gasteiger partial charge on any atom is -0.497 e. The van der Waals surface area contributed by atoms with Crippen LogP contribution in [0.4, 0.5) is 0 Å². The smallest absolute Gasteiger partial charge is 0.280 e. The predicted molar refractivity (Wildman–Crippen MR) is 112 cm³/mol. The number of benzene rings is 2. The topological polar surface area (TPSA) is 77.0 Å². The zero-order chi connectivity index (χ0) is 20.7. The molecule has 0 aromatic heterocycles. The van der Waals surface area contributed by atoms with E-state index in [-0.39, 0.29) is 10.6 Å². The third kappa shape index (κ3) is 5.04. The Morgan fingerprint density at radius 1 is 1.07 bits per heavy atom. The Hall–Kier alpha value is -2.54. The maximum Gasteiger partial charge on any atom is 0.280 e. The average Bonchev–Trinajstić information content (AvgIpc) is 2.73. The fraction of sp³-hybridized carbons (Fsp3) is 0.381. The first-order chi connectivity index (χ1) is 13.4. The predicted octanol–water partition coefficient (Wildman–Crippen LogP) is 4.31. The lowest BCUT2D eigenvalue weighted by Crippen LogP contribution is -2.21. The average molecular weight is 405 g/mol. The van der Waals surface area contributed by atoms with Gasteiger partial charge in [0, 0.05) is 6.07 Å². The lowest BCUT2D eigenvalue weighted by Gasteiger charge is -2.12. The zero-order valence-electron chi connectivity index (χ0n) is 17.0. The van der Waals surface area contributed by atoms with E-state index in [2.05, 4.69) is 35.9 Å². The molecule has 0 amide bonds. The number of nitrogens with zero attached hydrogens (tertiary/aromatic N) is 1. The summed E-state index contributed by atoms with van der Waals surface area (Å²) in [6, 6.07) is 12.7. The molecule has 0 bridgehead atoms. The Bertz CT molecular complexity index is 922. The number of sulfonamides is 1. The molecule has 28 heavy (non-hydrogen) atoms. The van der Waals surface area contributed by atoms with E-state index in [1.807, 2.05) is 19.1 Å². The van der Waals surface area contributed by atoms with Crippen molar-refractivity contribution in [3.05, 3.63) is 53.6 Å². The largest absolute Gasteiger partial charge is 0.497 e. The van der Waals surface area contributed by atoms with Gasteiger partial charge in [0.25, 0.3) is 10.0 Å². The molecular weight excluding hydrogens is 376 g/mol. The van der Waals surface area contributed by atoms with Gasteiger partial charge in [0.05, 0.1) is 19.9 Å². The van der Waals surface area contributed by atoms with Gasteiger partial charge in [0.15, 0.2) is 0 Å². The fourth-order valence-corrected chi connectivity index (χ4v) is 3.76. The Morgan fingerprint density at radius 2 is 1.75 bits per heavy atom. The van der Waals surface area contributed by atoms with Crippen molar-refractivity contribution in [1.82, 2.24) is 4.83 Å². The molecule has 0 radical (unpaired) electrons. The van der Waals surface area contributed by atoms with Crippen molar-refractivity contribution in [2.24, 2.45) is 5.10 Å². The number of hydrazone groups is 1. The van der Waals surface area contributed by atoms with E-state index in [0.29, 0.717) is 23.8 Å². The van der Waals surface area contributed by atoms with Gasteiger partial charge in [-0.05, 0) is 42.0 Å². The van der Waals surface area contributed by atoms with Crippen LogP contribution in [0.25, 0.3) is 0 Å². The normalized spacial score (nSPS) is 13.1. The number of ether oxygens (including phenoxy) is 2. The Labute approximate surface area is 167 Å². The van der Waals surface area contributed by atoms with Crippen LogP contribution >= 0.6 is 0 Å². The van der Waals surface area contributed by atoms with Gasteiger partial charge in [-0.15, -0.1) is 0 Å². The summed E-state index contributed by atoms with van der Waals surface area (Å²) in [4.78, 5) is 2.30. The van der Waals surface area contributed by atoms with Crippen molar-refractivity contribution in [1.29, 1.82) is 0 Å². The summed E-state index contributed by atoms with van der Waals surface area (Å²) in [5.74, 6) is 1.12. The lowest BCUT2D eigenvalue weighted by molar-refractivity contribution is 0.392. The third-order valence-electron chi connectivity index (χ3n) is 4.72. The second-order valence-electron chi connectivity index (χ2n) is 6.45. The Kier molecular flexibility index (Phi) is 7.45. The van der Waals surface area contributed by atoms with Gasteiger partial charge in [-0.1, -0.05) is 45.0 Å². The van der Waals surface area contributed by atoms with Crippen LogP contribution in [-0.4, -0.2) is 28.3 Å². The summed E-state index contributed by atoms with van der Waals surface area (Å²) >= 11 is 0. The molecule has 2 aromatic rings. The molecule has 0 heterocycles. The monoisotopic (exact) mass is 404 g/mol. The number of nitrogens with one attached hydrogen (secondary N) is 1. The number of rotatable bonds is 9. The van der Waals surface area contributed by atoms with E-state index in [1.54, 1.807) is 12.1 Å². The van der Waals surface area contributed by atoms with Gasteiger partial charge in [-0.25, -0.2) is 0 Å². The molecule has 1 atom stereocenters. The van der Waals surface area contributed by atoms with Crippen LogP contribution in [0, 0.1) is 0 Å². The standard InChI is InChI=1S/C21H28N2O4S/c1-6-15(3)16-8-10-17(11-9-16)19(7-2)22-23-28(24,25)21-14-18(26-4)12-13-20(21)27-5/h8-15,23H,6-7H2,1-5H3. The van der Waals surface area contributed by atoms with E-state index >= 15 is 0 Å². The van der Waals surface area contributed by atoms with Crippen LogP contribution in [0.1, 0.15) is 50.7 Å². The summed E-state index contributed by atoms with van der Waals surface area (Å²) in [7, 11) is -1.03. The van der Waals surface area contributed by atoms with Crippen molar-refractivity contribution < 1.29 is 17.9 Å². The van der Waals surface area contributed by atoms with Gasteiger partial charge in [-0.3, -0.25) is 0 Å². The first-order valence-corrected chi connectivity index (χ1v) is 10.7. The molecule has 152 valence electrons. The summed E-state index contributed by atoms with van der Waals surface area (Å²) in [6.07, 6.45) is 1.65. The minimum atomic E-state index is -3.92. The minimum absolute atomic E-state index is 0.0272. The van der Waals surface area contributed by atoms with E-state index in [1.165, 1.54) is 25.8 Å². The van der Waals surface area contributed by atoms with Crippen molar-refractivity contribution in [3.63, 3.8) is 0 Å². The van der Waals surface area contributed by atoms with Crippen LogP contribution in [0.5, 0.6) is 11.5 Å².